The van der Waals surface area contributed by atoms with Gasteiger partial charge in [-0.3, -0.25) is 4.79 Å². The quantitative estimate of drug-likeness (QED) is 0.0175. The van der Waals surface area contributed by atoms with Gasteiger partial charge < -0.3 is 64.2 Å². The minimum atomic E-state index is -1.71. The Morgan fingerprint density at radius 1 is 0.500 bits per heavy atom. The number of rotatable bonds is 41. The van der Waals surface area contributed by atoms with Crippen molar-refractivity contribution in [3.63, 3.8) is 0 Å². The molecule has 0 aromatic heterocycles. The van der Waals surface area contributed by atoms with Gasteiger partial charge in [-0.15, -0.1) is 0 Å². The van der Waals surface area contributed by atoms with Crippen molar-refractivity contribution >= 4 is 5.97 Å². The molecule has 14 nitrogen and oxygen atoms in total. The highest BCUT2D eigenvalue weighted by molar-refractivity contribution is 5.69. The summed E-state index contributed by atoms with van der Waals surface area (Å²) in [6.45, 7) is 3.52. The van der Waals surface area contributed by atoms with Gasteiger partial charge in [0.1, 0.15) is 54.9 Å². The van der Waals surface area contributed by atoms with Crippen LogP contribution < -0.4 is 0 Å². The Morgan fingerprint density at radius 3 is 1.51 bits per heavy atom. The van der Waals surface area contributed by atoms with Crippen LogP contribution in [0.15, 0.2) is 60.8 Å². The molecule has 2 saturated heterocycles. The lowest BCUT2D eigenvalue weighted by atomic mass is 9.98. The Morgan fingerprint density at radius 2 is 0.956 bits per heavy atom. The first kappa shape index (κ1) is 61.8. The molecule has 11 atom stereocenters. The fourth-order valence-corrected chi connectivity index (χ4v) is 7.98. The number of hydrogen-bond donors (Lipinski definition) is 7. The number of carbonyl (C=O) groups is 1. The lowest BCUT2D eigenvalue weighted by Gasteiger charge is -2.42. The third-order valence-electron chi connectivity index (χ3n) is 12.3. The van der Waals surface area contributed by atoms with E-state index < -0.39 is 86.7 Å². The van der Waals surface area contributed by atoms with Crippen molar-refractivity contribution in [3.8, 4) is 0 Å². The maximum absolute atomic E-state index is 13.0. The van der Waals surface area contributed by atoms with E-state index in [1.165, 1.54) is 51.4 Å². The molecular formula is C54H94O14. The number of aliphatic hydroxyl groups is 7. The molecule has 0 amide bonds. The molecule has 0 aromatic rings. The summed E-state index contributed by atoms with van der Waals surface area (Å²) < 4.78 is 34.3. The summed E-state index contributed by atoms with van der Waals surface area (Å²) in [6, 6.07) is 0. The van der Waals surface area contributed by atoms with Crippen LogP contribution in [0.3, 0.4) is 0 Å². The van der Waals surface area contributed by atoms with E-state index in [-0.39, 0.29) is 19.6 Å². The van der Waals surface area contributed by atoms with Gasteiger partial charge in [-0.1, -0.05) is 152 Å². The van der Waals surface area contributed by atoms with Crippen molar-refractivity contribution in [2.45, 2.75) is 242 Å². The molecule has 14 heteroatoms. The van der Waals surface area contributed by atoms with Crippen molar-refractivity contribution in [1.82, 2.24) is 0 Å². The summed E-state index contributed by atoms with van der Waals surface area (Å²) in [5, 5.41) is 72.2. The number of esters is 1. The smallest absolute Gasteiger partial charge is 0.306 e. The third-order valence-corrected chi connectivity index (χ3v) is 12.3. The number of allylic oxidation sites excluding steroid dienone is 10. The van der Waals surface area contributed by atoms with Crippen LogP contribution in [0.5, 0.6) is 0 Å². The fourth-order valence-electron chi connectivity index (χ4n) is 7.98. The Kier molecular flexibility index (Phi) is 37.6. The van der Waals surface area contributed by atoms with E-state index in [1.807, 2.05) is 0 Å². The number of unbranched alkanes of at least 4 members (excludes halogenated alkanes) is 17. The first-order chi connectivity index (χ1) is 33.1. The molecule has 0 radical (unpaired) electrons. The molecule has 2 aliphatic heterocycles. The molecule has 0 bridgehead atoms. The average molecular weight is 967 g/mol. The van der Waals surface area contributed by atoms with Crippen molar-refractivity contribution in [2.75, 3.05) is 33.0 Å². The molecule has 68 heavy (non-hydrogen) atoms. The summed E-state index contributed by atoms with van der Waals surface area (Å²) in [7, 11) is 0. The van der Waals surface area contributed by atoms with Gasteiger partial charge in [-0.2, -0.15) is 0 Å². The zero-order chi connectivity index (χ0) is 49.5. The largest absolute Gasteiger partial charge is 0.457 e. The topological polar surface area (TPSA) is 214 Å². The van der Waals surface area contributed by atoms with Gasteiger partial charge in [0.25, 0.3) is 0 Å². The molecule has 2 aliphatic rings. The summed E-state index contributed by atoms with van der Waals surface area (Å²) >= 11 is 0. The zero-order valence-electron chi connectivity index (χ0n) is 41.8. The zero-order valence-corrected chi connectivity index (χ0v) is 41.8. The normalized spacial score (nSPS) is 26.4. The number of carbonyl (C=O) groups excluding carboxylic acids is 1. The number of hydrogen-bond acceptors (Lipinski definition) is 14. The van der Waals surface area contributed by atoms with Gasteiger partial charge in [-0.25, -0.2) is 0 Å². The Bertz CT molecular complexity index is 1350. The van der Waals surface area contributed by atoms with Gasteiger partial charge in [0, 0.05) is 13.0 Å². The van der Waals surface area contributed by atoms with Crippen LogP contribution in [0.4, 0.5) is 0 Å². The number of aliphatic hydroxyl groups excluding tert-OH is 7. The van der Waals surface area contributed by atoms with Crippen molar-refractivity contribution in [3.05, 3.63) is 60.8 Å². The molecule has 11 unspecified atom stereocenters. The molecule has 0 aliphatic carbocycles. The van der Waals surface area contributed by atoms with E-state index in [4.69, 9.17) is 28.4 Å². The molecule has 7 N–H and O–H groups in total. The van der Waals surface area contributed by atoms with E-state index in [0.29, 0.717) is 13.0 Å². The predicted molar refractivity (Wildman–Crippen MR) is 266 cm³/mol. The molecule has 2 fully saturated rings. The minimum absolute atomic E-state index is 0.0485. The Balaban J connectivity index is 1.76. The van der Waals surface area contributed by atoms with Crippen LogP contribution >= 0.6 is 0 Å². The third kappa shape index (κ3) is 28.5. The lowest BCUT2D eigenvalue weighted by molar-refractivity contribution is -0.332. The minimum Gasteiger partial charge on any atom is -0.457 e. The summed E-state index contributed by atoms with van der Waals surface area (Å²) in [5.41, 5.74) is 0. The lowest BCUT2D eigenvalue weighted by Crippen LogP contribution is -2.61. The van der Waals surface area contributed by atoms with Crippen LogP contribution in [-0.4, -0.2) is 142 Å². The molecule has 394 valence electrons. The van der Waals surface area contributed by atoms with Gasteiger partial charge in [0.15, 0.2) is 12.6 Å². The highest BCUT2D eigenvalue weighted by Gasteiger charge is 2.47. The molecule has 2 rings (SSSR count). The predicted octanol–water partition coefficient (Wildman–Crippen LogP) is 8.13. The maximum atomic E-state index is 13.0. The van der Waals surface area contributed by atoms with Crippen molar-refractivity contribution in [1.29, 1.82) is 0 Å². The summed E-state index contributed by atoms with van der Waals surface area (Å²) in [5.74, 6) is -0.391. The van der Waals surface area contributed by atoms with Crippen LogP contribution in [0.1, 0.15) is 174 Å². The Hall–Kier alpha value is -2.31. The van der Waals surface area contributed by atoms with E-state index in [9.17, 15) is 40.5 Å². The van der Waals surface area contributed by atoms with Crippen LogP contribution in [-0.2, 0) is 33.2 Å². The SMILES string of the molecule is CC/C=C\C/C=C\C/C=C\C/C=C\CCCCCCCCCOCC(COC1OC(COC2OC(CO)C(O)C(O)C2O)C(O)C(O)C1O)OC(=O)CCCCCCC/C=C\CCCCCCC. The monoisotopic (exact) mass is 967 g/mol. The number of ether oxygens (including phenoxy) is 6. The van der Waals surface area contributed by atoms with E-state index in [1.54, 1.807) is 0 Å². The van der Waals surface area contributed by atoms with Crippen molar-refractivity contribution in [2.24, 2.45) is 0 Å². The van der Waals surface area contributed by atoms with Crippen LogP contribution in [0.2, 0.25) is 0 Å². The molecule has 0 saturated carbocycles. The van der Waals surface area contributed by atoms with E-state index >= 15 is 0 Å². The van der Waals surface area contributed by atoms with E-state index in [0.717, 1.165) is 96.3 Å². The molecular weight excluding hydrogens is 873 g/mol. The standard InChI is InChI=1S/C54H94O14/c1-3-5-7-9-11-13-15-17-19-20-21-22-23-24-26-28-30-32-34-36-38-63-40-43(66-46(56)37-35-33-31-29-27-25-18-16-14-12-10-8-6-4-2)41-64-53-52(62)50(60)48(58)45(68-53)42-65-54-51(61)49(59)47(57)44(39-55)67-54/h5,7,11,13,16-19,21-22,43-45,47-55,57-62H,3-4,6,8-10,12,14-15,20,23-42H2,1-2H3/b7-5-,13-11-,18-16-,19-17-,22-21-. The van der Waals surface area contributed by atoms with Crippen LogP contribution in [0, 0.1) is 0 Å². The molecule has 2 heterocycles. The fraction of sp³-hybridized carbons (Fsp3) is 0.796. The van der Waals surface area contributed by atoms with Gasteiger partial charge >= 0.3 is 5.97 Å². The second-order valence-corrected chi connectivity index (χ2v) is 18.3. The summed E-state index contributed by atoms with van der Waals surface area (Å²) in [4.78, 5) is 13.0. The van der Waals surface area contributed by atoms with Gasteiger partial charge in [0.2, 0.25) is 0 Å². The van der Waals surface area contributed by atoms with Gasteiger partial charge in [-0.05, 0) is 77.0 Å². The first-order valence-electron chi connectivity index (χ1n) is 26.4. The van der Waals surface area contributed by atoms with Gasteiger partial charge in [0.05, 0.1) is 26.4 Å². The molecule has 0 spiro atoms. The molecule has 0 aromatic carbocycles. The summed E-state index contributed by atoms with van der Waals surface area (Å²) in [6.07, 6.45) is 32.8. The van der Waals surface area contributed by atoms with E-state index in [2.05, 4.69) is 74.6 Å². The average Bonchev–Trinajstić information content (AvgIpc) is 3.33. The van der Waals surface area contributed by atoms with Crippen LogP contribution in [0.25, 0.3) is 0 Å². The second-order valence-electron chi connectivity index (χ2n) is 18.3. The first-order valence-corrected chi connectivity index (χ1v) is 26.4. The maximum Gasteiger partial charge on any atom is 0.306 e. The highest BCUT2D eigenvalue weighted by Crippen LogP contribution is 2.26. The second kappa shape index (κ2) is 41.3. The highest BCUT2D eigenvalue weighted by atomic mass is 16.7. The Labute approximate surface area is 409 Å². The van der Waals surface area contributed by atoms with Crippen molar-refractivity contribution < 1.29 is 69.0 Å².